The van der Waals surface area contributed by atoms with Crippen molar-refractivity contribution in [1.29, 1.82) is 0 Å². The van der Waals surface area contributed by atoms with Crippen LogP contribution >= 0.6 is 12.4 Å². The van der Waals surface area contributed by atoms with Crippen molar-refractivity contribution in [3.63, 3.8) is 0 Å². The fourth-order valence-electron chi connectivity index (χ4n) is 2.13. The molecule has 1 atom stereocenters. The topological polar surface area (TPSA) is 82.3 Å². The molecule has 0 radical (unpaired) electrons. The number of anilines is 1. The Morgan fingerprint density at radius 1 is 1.26 bits per heavy atom. The molecule has 0 bridgehead atoms. The van der Waals surface area contributed by atoms with E-state index >= 15 is 0 Å². The van der Waals surface area contributed by atoms with E-state index in [-0.39, 0.29) is 18.3 Å². The first kappa shape index (κ1) is 19.0. The third-order valence-corrected chi connectivity index (χ3v) is 3.42. The molecule has 1 aliphatic heterocycles. The van der Waals surface area contributed by atoms with Gasteiger partial charge in [-0.2, -0.15) is 0 Å². The van der Waals surface area contributed by atoms with Gasteiger partial charge in [0.1, 0.15) is 6.04 Å². The third-order valence-electron chi connectivity index (χ3n) is 3.42. The van der Waals surface area contributed by atoms with Crippen LogP contribution in [0.2, 0.25) is 0 Å². The average Bonchev–Trinajstić information content (AvgIpc) is 2.54. The molecule has 126 valence electrons. The van der Waals surface area contributed by atoms with E-state index in [0.29, 0.717) is 12.2 Å². The number of benzene rings is 1. The van der Waals surface area contributed by atoms with Crippen molar-refractivity contribution >= 4 is 30.0 Å². The number of amides is 3. The molecule has 6 nitrogen and oxygen atoms in total. The van der Waals surface area contributed by atoms with Crippen molar-refractivity contribution in [2.45, 2.75) is 19.4 Å². The second-order valence-electron chi connectivity index (χ2n) is 5.22. The van der Waals surface area contributed by atoms with Gasteiger partial charge in [-0.3, -0.25) is 4.79 Å². The van der Waals surface area contributed by atoms with Crippen molar-refractivity contribution in [3.8, 4) is 0 Å². The molecular formula is C16H23ClN4O2. The van der Waals surface area contributed by atoms with E-state index in [0.717, 1.165) is 19.5 Å². The summed E-state index contributed by atoms with van der Waals surface area (Å²) in [6, 6.07) is 8.12. The molecular weight excluding hydrogens is 316 g/mol. The van der Waals surface area contributed by atoms with E-state index in [4.69, 9.17) is 0 Å². The molecule has 0 saturated carbocycles. The molecule has 3 amide bonds. The number of halogens is 1. The smallest absolute Gasteiger partial charge is 0.319 e. The van der Waals surface area contributed by atoms with Gasteiger partial charge < -0.3 is 21.3 Å². The Labute approximate surface area is 142 Å². The van der Waals surface area contributed by atoms with Crippen molar-refractivity contribution in [3.05, 3.63) is 42.0 Å². The molecule has 7 heteroatoms. The standard InChI is InChI=1S/C16H22N4O2.ClH/c1-12(15(21)18-11-13-7-9-17-10-8-13)19-16(22)20-14-5-3-2-4-6-14;/h2-7,12,17H,8-11H2,1H3,(H,18,21)(H2,19,20,22);1H. The largest absolute Gasteiger partial charge is 0.351 e. The second kappa shape index (κ2) is 9.86. The highest BCUT2D eigenvalue weighted by Crippen LogP contribution is 2.05. The molecule has 1 aromatic carbocycles. The summed E-state index contributed by atoms with van der Waals surface area (Å²) in [5.41, 5.74) is 1.90. The van der Waals surface area contributed by atoms with Crippen molar-refractivity contribution < 1.29 is 9.59 Å². The first-order valence-corrected chi connectivity index (χ1v) is 7.44. The maximum absolute atomic E-state index is 12.0. The summed E-state index contributed by atoms with van der Waals surface area (Å²) >= 11 is 0. The minimum absolute atomic E-state index is 0. The zero-order valence-corrected chi connectivity index (χ0v) is 13.9. The molecule has 1 aromatic rings. The lowest BCUT2D eigenvalue weighted by Crippen LogP contribution is -2.46. The first-order chi connectivity index (χ1) is 10.6. The summed E-state index contributed by atoms with van der Waals surface area (Å²) in [5.74, 6) is -0.192. The molecule has 1 aliphatic rings. The maximum atomic E-state index is 12.0. The highest BCUT2D eigenvalue weighted by molar-refractivity contribution is 5.93. The van der Waals surface area contributed by atoms with Crippen LogP contribution in [0.25, 0.3) is 0 Å². The van der Waals surface area contributed by atoms with Gasteiger partial charge in [0.15, 0.2) is 0 Å². The molecule has 1 unspecified atom stereocenters. The molecule has 0 spiro atoms. The van der Waals surface area contributed by atoms with Gasteiger partial charge in [-0.1, -0.05) is 29.8 Å². The normalized spacial score (nSPS) is 14.7. The predicted octanol–water partition coefficient (Wildman–Crippen LogP) is 1.65. The number of nitrogens with one attached hydrogen (secondary N) is 4. The summed E-state index contributed by atoms with van der Waals surface area (Å²) in [7, 11) is 0. The number of urea groups is 1. The predicted molar refractivity (Wildman–Crippen MR) is 93.9 cm³/mol. The number of hydrogen-bond donors (Lipinski definition) is 4. The molecule has 0 aliphatic carbocycles. The molecule has 23 heavy (non-hydrogen) atoms. The number of carbonyl (C=O) groups is 2. The van der Waals surface area contributed by atoms with Crippen LogP contribution in [0.5, 0.6) is 0 Å². The third kappa shape index (κ3) is 6.71. The van der Waals surface area contributed by atoms with E-state index in [9.17, 15) is 9.59 Å². The number of rotatable bonds is 5. The van der Waals surface area contributed by atoms with E-state index in [1.54, 1.807) is 19.1 Å². The molecule has 0 aromatic heterocycles. The second-order valence-corrected chi connectivity index (χ2v) is 5.22. The van der Waals surface area contributed by atoms with Gasteiger partial charge in [-0.25, -0.2) is 4.79 Å². The lowest BCUT2D eigenvalue weighted by Gasteiger charge is -2.17. The number of carbonyl (C=O) groups excluding carboxylic acids is 2. The molecule has 2 rings (SSSR count). The van der Waals surface area contributed by atoms with Gasteiger partial charge in [0.05, 0.1) is 0 Å². The Morgan fingerprint density at radius 2 is 2.00 bits per heavy atom. The van der Waals surface area contributed by atoms with Crippen LogP contribution in [-0.4, -0.2) is 37.6 Å². The lowest BCUT2D eigenvalue weighted by atomic mass is 10.1. The Hall–Kier alpha value is -2.05. The van der Waals surface area contributed by atoms with E-state index in [1.807, 2.05) is 18.2 Å². The fraction of sp³-hybridized carbons (Fsp3) is 0.375. The summed E-state index contributed by atoms with van der Waals surface area (Å²) in [6.07, 6.45) is 3.03. The van der Waals surface area contributed by atoms with Gasteiger partial charge >= 0.3 is 6.03 Å². The van der Waals surface area contributed by atoms with Crippen LogP contribution in [0.3, 0.4) is 0 Å². The van der Waals surface area contributed by atoms with E-state index in [1.165, 1.54) is 5.57 Å². The highest BCUT2D eigenvalue weighted by atomic mass is 35.5. The summed E-state index contributed by atoms with van der Waals surface area (Å²) < 4.78 is 0. The van der Waals surface area contributed by atoms with E-state index < -0.39 is 12.1 Å². The van der Waals surface area contributed by atoms with Gasteiger partial charge in [-0.05, 0) is 32.0 Å². The van der Waals surface area contributed by atoms with E-state index in [2.05, 4.69) is 27.3 Å². The van der Waals surface area contributed by atoms with Crippen molar-refractivity contribution in [2.75, 3.05) is 25.0 Å². The fourth-order valence-corrected chi connectivity index (χ4v) is 2.13. The summed E-state index contributed by atoms with van der Waals surface area (Å²) in [4.78, 5) is 23.8. The molecule has 0 saturated heterocycles. The Bertz CT molecular complexity index is 548. The van der Waals surface area contributed by atoms with Crippen LogP contribution in [0.15, 0.2) is 42.0 Å². The zero-order chi connectivity index (χ0) is 15.8. The molecule has 1 heterocycles. The highest BCUT2D eigenvalue weighted by Gasteiger charge is 2.15. The van der Waals surface area contributed by atoms with Crippen LogP contribution in [0, 0.1) is 0 Å². The first-order valence-electron chi connectivity index (χ1n) is 7.44. The monoisotopic (exact) mass is 338 g/mol. The molecule has 0 fully saturated rings. The molecule has 4 N–H and O–H groups in total. The lowest BCUT2D eigenvalue weighted by molar-refractivity contribution is -0.122. The van der Waals surface area contributed by atoms with Crippen LogP contribution in [-0.2, 0) is 4.79 Å². The van der Waals surface area contributed by atoms with Gasteiger partial charge in [0.25, 0.3) is 0 Å². The van der Waals surface area contributed by atoms with Crippen molar-refractivity contribution in [1.82, 2.24) is 16.0 Å². The Kier molecular flexibility index (Phi) is 8.15. The zero-order valence-electron chi connectivity index (χ0n) is 13.1. The summed E-state index contributed by atoms with van der Waals surface area (Å²) in [5, 5.41) is 11.4. The number of para-hydroxylation sites is 1. The van der Waals surface area contributed by atoms with Crippen LogP contribution in [0.1, 0.15) is 13.3 Å². The summed E-state index contributed by atoms with van der Waals surface area (Å²) in [6.45, 7) is 3.98. The minimum atomic E-state index is -0.592. The average molecular weight is 339 g/mol. The van der Waals surface area contributed by atoms with Gasteiger partial charge in [0, 0.05) is 18.8 Å². The SMILES string of the molecule is CC(NC(=O)Nc1ccccc1)C(=O)NCC1=CCNCC1.Cl. The van der Waals surface area contributed by atoms with Crippen LogP contribution in [0.4, 0.5) is 10.5 Å². The van der Waals surface area contributed by atoms with Crippen LogP contribution < -0.4 is 21.3 Å². The minimum Gasteiger partial charge on any atom is -0.351 e. The Morgan fingerprint density at radius 3 is 2.65 bits per heavy atom. The Balaban J connectivity index is 0.00000264. The van der Waals surface area contributed by atoms with Gasteiger partial charge in [0.2, 0.25) is 5.91 Å². The number of hydrogen-bond acceptors (Lipinski definition) is 3. The quantitative estimate of drug-likeness (QED) is 0.616. The van der Waals surface area contributed by atoms with Gasteiger partial charge in [-0.15, -0.1) is 12.4 Å². The van der Waals surface area contributed by atoms with Crippen molar-refractivity contribution in [2.24, 2.45) is 0 Å². The maximum Gasteiger partial charge on any atom is 0.319 e.